The lowest BCUT2D eigenvalue weighted by molar-refractivity contribution is -0.384. The normalized spacial score (nSPS) is 14.2. The minimum absolute atomic E-state index is 0.0224. The van der Waals surface area contributed by atoms with Crippen molar-refractivity contribution in [3.63, 3.8) is 0 Å². The highest BCUT2D eigenvalue weighted by molar-refractivity contribution is 6.35. The first-order valence-electron chi connectivity index (χ1n) is 7.83. The Morgan fingerprint density at radius 2 is 1.85 bits per heavy atom. The molecule has 2 aromatic carbocycles. The van der Waals surface area contributed by atoms with E-state index in [0.717, 1.165) is 24.8 Å². The standard InChI is InChI=1S/C17H15Cl2N3O4/c18-14-3-2-12(22(24)25)10-13(14)17(23)20-11-1-4-16(15(19)9-11)21-5-7-26-8-6-21/h1-4,9-10H,5-8H2,(H,20,23). The molecule has 1 aliphatic rings. The first-order chi connectivity index (χ1) is 12.5. The van der Waals surface area contributed by atoms with Crippen LogP contribution in [0.3, 0.4) is 0 Å². The highest BCUT2D eigenvalue weighted by Gasteiger charge is 2.18. The maximum absolute atomic E-state index is 12.4. The topological polar surface area (TPSA) is 84.7 Å². The van der Waals surface area contributed by atoms with E-state index in [1.807, 2.05) is 6.07 Å². The van der Waals surface area contributed by atoms with Crippen LogP contribution in [-0.2, 0) is 4.74 Å². The molecule has 0 spiro atoms. The predicted molar refractivity (Wildman–Crippen MR) is 101 cm³/mol. The third-order valence-electron chi connectivity index (χ3n) is 3.96. The lowest BCUT2D eigenvalue weighted by Gasteiger charge is -2.29. The van der Waals surface area contributed by atoms with Crippen LogP contribution in [0.4, 0.5) is 17.1 Å². The number of morpholine rings is 1. The fourth-order valence-electron chi connectivity index (χ4n) is 2.64. The molecule has 0 bridgehead atoms. The van der Waals surface area contributed by atoms with E-state index in [9.17, 15) is 14.9 Å². The van der Waals surface area contributed by atoms with Crippen molar-refractivity contribution < 1.29 is 14.5 Å². The van der Waals surface area contributed by atoms with Crippen molar-refractivity contribution in [1.82, 2.24) is 0 Å². The largest absolute Gasteiger partial charge is 0.378 e. The van der Waals surface area contributed by atoms with E-state index < -0.39 is 10.8 Å². The van der Waals surface area contributed by atoms with Gasteiger partial charge in [-0.2, -0.15) is 0 Å². The number of nitrogens with one attached hydrogen (secondary N) is 1. The Kier molecular flexibility index (Phi) is 5.61. The average Bonchev–Trinajstić information content (AvgIpc) is 2.62. The van der Waals surface area contributed by atoms with Gasteiger partial charge < -0.3 is 15.0 Å². The Morgan fingerprint density at radius 3 is 2.50 bits per heavy atom. The van der Waals surface area contributed by atoms with Crippen LogP contribution >= 0.6 is 23.2 Å². The van der Waals surface area contributed by atoms with Crippen LogP contribution in [0.1, 0.15) is 10.4 Å². The smallest absolute Gasteiger partial charge is 0.270 e. The zero-order valence-corrected chi connectivity index (χ0v) is 15.1. The number of non-ortho nitro benzene ring substituents is 1. The Balaban J connectivity index is 1.78. The Morgan fingerprint density at radius 1 is 1.12 bits per heavy atom. The van der Waals surface area contributed by atoms with Gasteiger partial charge in [-0.1, -0.05) is 23.2 Å². The maximum atomic E-state index is 12.4. The lowest BCUT2D eigenvalue weighted by Crippen LogP contribution is -2.36. The number of hydrogen-bond acceptors (Lipinski definition) is 5. The summed E-state index contributed by atoms with van der Waals surface area (Å²) in [5.74, 6) is -0.547. The predicted octanol–water partition coefficient (Wildman–Crippen LogP) is 3.99. The molecule has 1 fully saturated rings. The van der Waals surface area contributed by atoms with Crippen molar-refractivity contribution in [2.75, 3.05) is 36.5 Å². The van der Waals surface area contributed by atoms with Gasteiger partial charge in [0.1, 0.15) is 0 Å². The fraction of sp³-hybridized carbons (Fsp3) is 0.235. The van der Waals surface area contributed by atoms with Gasteiger partial charge in [0.15, 0.2) is 0 Å². The average molecular weight is 396 g/mol. The number of benzene rings is 2. The zero-order valence-electron chi connectivity index (χ0n) is 13.6. The molecule has 0 aromatic heterocycles. The van der Waals surface area contributed by atoms with E-state index >= 15 is 0 Å². The molecule has 0 saturated carbocycles. The Bertz CT molecular complexity index is 854. The second-order valence-corrected chi connectivity index (χ2v) is 6.46. The molecule has 1 heterocycles. The van der Waals surface area contributed by atoms with Gasteiger partial charge in [-0.3, -0.25) is 14.9 Å². The van der Waals surface area contributed by atoms with Crippen molar-refractivity contribution >= 4 is 46.2 Å². The van der Waals surface area contributed by atoms with Crippen LogP contribution in [0.5, 0.6) is 0 Å². The van der Waals surface area contributed by atoms with Gasteiger partial charge in [0.25, 0.3) is 11.6 Å². The van der Waals surface area contributed by atoms with Crippen LogP contribution < -0.4 is 10.2 Å². The quantitative estimate of drug-likeness (QED) is 0.624. The van der Waals surface area contributed by atoms with Crippen LogP contribution in [0.25, 0.3) is 0 Å². The lowest BCUT2D eigenvalue weighted by atomic mass is 10.1. The summed E-state index contributed by atoms with van der Waals surface area (Å²) >= 11 is 12.3. The van der Waals surface area contributed by atoms with Gasteiger partial charge >= 0.3 is 0 Å². The van der Waals surface area contributed by atoms with Crippen molar-refractivity contribution in [3.05, 3.63) is 62.1 Å². The molecule has 26 heavy (non-hydrogen) atoms. The third kappa shape index (κ3) is 4.07. The number of ether oxygens (including phenoxy) is 1. The van der Waals surface area contributed by atoms with Crippen LogP contribution in [0, 0.1) is 10.1 Å². The minimum Gasteiger partial charge on any atom is -0.378 e. The van der Waals surface area contributed by atoms with Gasteiger partial charge in [0, 0.05) is 30.9 Å². The van der Waals surface area contributed by atoms with Crippen molar-refractivity contribution in [2.24, 2.45) is 0 Å². The Hall–Kier alpha value is -2.35. The molecule has 3 rings (SSSR count). The highest BCUT2D eigenvalue weighted by atomic mass is 35.5. The van der Waals surface area contributed by atoms with E-state index in [-0.39, 0.29) is 16.3 Å². The van der Waals surface area contributed by atoms with Crippen molar-refractivity contribution in [3.8, 4) is 0 Å². The maximum Gasteiger partial charge on any atom is 0.270 e. The monoisotopic (exact) mass is 395 g/mol. The molecule has 1 N–H and O–H groups in total. The van der Waals surface area contributed by atoms with E-state index in [1.54, 1.807) is 12.1 Å². The fourth-order valence-corrected chi connectivity index (χ4v) is 3.15. The number of hydrogen-bond donors (Lipinski definition) is 1. The van der Waals surface area contributed by atoms with Crippen LogP contribution in [0.2, 0.25) is 10.0 Å². The summed E-state index contributed by atoms with van der Waals surface area (Å²) in [6.45, 7) is 2.77. The van der Waals surface area contributed by atoms with Gasteiger partial charge in [-0.05, 0) is 24.3 Å². The molecule has 0 unspecified atom stereocenters. The minimum atomic E-state index is -0.582. The summed E-state index contributed by atoms with van der Waals surface area (Å²) < 4.78 is 5.32. The Labute approximate surface area is 159 Å². The number of rotatable bonds is 4. The molecule has 0 radical (unpaired) electrons. The number of carbonyl (C=O) groups is 1. The highest BCUT2D eigenvalue weighted by Crippen LogP contribution is 2.30. The molecule has 1 saturated heterocycles. The first-order valence-corrected chi connectivity index (χ1v) is 8.59. The van der Waals surface area contributed by atoms with Crippen molar-refractivity contribution in [1.29, 1.82) is 0 Å². The van der Waals surface area contributed by atoms with Gasteiger partial charge in [-0.15, -0.1) is 0 Å². The number of carbonyl (C=O) groups excluding carboxylic acids is 1. The molecular formula is C17H15Cl2N3O4. The SMILES string of the molecule is O=C(Nc1ccc(N2CCOCC2)c(Cl)c1)c1cc([N+](=O)[O-])ccc1Cl. The second-order valence-electron chi connectivity index (χ2n) is 5.64. The summed E-state index contributed by atoms with van der Waals surface area (Å²) in [4.78, 5) is 24.8. The van der Waals surface area contributed by atoms with Crippen LogP contribution in [-0.4, -0.2) is 37.1 Å². The number of nitrogens with zero attached hydrogens (tertiary/aromatic N) is 2. The van der Waals surface area contributed by atoms with Crippen molar-refractivity contribution in [2.45, 2.75) is 0 Å². The van der Waals surface area contributed by atoms with Gasteiger partial charge in [0.2, 0.25) is 0 Å². The second kappa shape index (κ2) is 7.90. The van der Waals surface area contributed by atoms with E-state index in [2.05, 4.69) is 10.2 Å². The van der Waals surface area contributed by atoms with Gasteiger partial charge in [0.05, 0.1) is 39.4 Å². The first kappa shape index (κ1) is 18.4. The summed E-state index contributed by atoms with van der Waals surface area (Å²) in [5.41, 5.74) is 1.15. The van der Waals surface area contributed by atoms with Crippen LogP contribution in [0.15, 0.2) is 36.4 Å². The third-order valence-corrected chi connectivity index (χ3v) is 4.60. The number of nitro benzene ring substituents is 1. The molecular weight excluding hydrogens is 381 g/mol. The molecule has 0 aliphatic carbocycles. The molecule has 7 nitrogen and oxygen atoms in total. The summed E-state index contributed by atoms with van der Waals surface area (Å²) in [5, 5.41) is 14.2. The molecule has 2 aromatic rings. The summed E-state index contributed by atoms with van der Waals surface area (Å²) in [6, 6.07) is 8.88. The molecule has 136 valence electrons. The zero-order chi connectivity index (χ0) is 18.7. The number of nitro groups is 1. The van der Waals surface area contributed by atoms with E-state index in [4.69, 9.17) is 27.9 Å². The van der Waals surface area contributed by atoms with E-state index in [0.29, 0.717) is 23.9 Å². The molecule has 9 heteroatoms. The van der Waals surface area contributed by atoms with E-state index in [1.165, 1.54) is 12.1 Å². The summed E-state index contributed by atoms with van der Waals surface area (Å²) in [6.07, 6.45) is 0. The summed E-state index contributed by atoms with van der Waals surface area (Å²) in [7, 11) is 0. The molecule has 1 aliphatic heterocycles. The number of halogens is 2. The van der Waals surface area contributed by atoms with Gasteiger partial charge in [-0.25, -0.2) is 0 Å². The molecule has 0 atom stereocenters. The number of amides is 1. The molecule has 1 amide bonds. The number of anilines is 2.